The molecular formula is C24H21N3O3. The van der Waals surface area contributed by atoms with Gasteiger partial charge in [0.25, 0.3) is 11.5 Å². The van der Waals surface area contributed by atoms with E-state index in [0.29, 0.717) is 28.3 Å². The van der Waals surface area contributed by atoms with E-state index in [1.807, 2.05) is 44.2 Å². The fraction of sp³-hybridized carbons (Fsp3) is 0.125. The number of ether oxygens (including phenoxy) is 1. The third-order valence-electron chi connectivity index (χ3n) is 4.64. The fourth-order valence-electron chi connectivity index (χ4n) is 3.11. The van der Waals surface area contributed by atoms with Crippen LogP contribution in [-0.2, 0) is 6.61 Å². The van der Waals surface area contributed by atoms with Crippen molar-refractivity contribution in [1.82, 2.24) is 9.38 Å². The molecule has 2 aromatic carbocycles. The third-order valence-corrected chi connectivity index (χ3v) is 4.64. The molecule has 1 amide bonds. The molecule has 1 N–H and O–H groups in total. The molecule has 0 bridgehead atoms. The van der Waals surface area contributed by atoms with Crippen LogP contribution in [0.15, 0.2) is 77.7 Å². The number of hydrogen-bond donors (Lipinski definition) is 1. The highest BCUT2D eigenvalue weighted by molar-refractivity contribution is 6.04. The summed E-state index contributed by atoms with van der Waals surface area (Å²) >= 11 is 0. The Morgan fingerprint density at radius 3 is 2.57 bits per heavy atom. The van der Waals surface area contributed by atoms with E-state index in [-0.39, 0.29) is 18.1 Å². The van der Waals surface area contributed by atoms with Crippen LogP contribution in [-0.4, -0.2) is 15.3 Å². The predicted octanol–water partition coefficient (Wildman–Crippen LogP) is 4.14. The highest BCUT2D eigenvalue weighted by Crippen LogP contribution is 2.18. The molecule has 6 heteroatoms. The van der Waals surface area contributed by atoms with E-state index in [1.54, 1.807) is 36.5 Å². The number of aryl methyl sites for hydroxylation is 2. The normalized spacial score (nSPS) is 10.7. The molecule has 30 heavy (non-hydrogen) atoms. The number of pyridine rings is 1. The van der Waals surface area contributed by atoms with Crippen molar-refractivity contribution in [2.45, 2.75) is 20.5 Å². The minimum absolute atomic E-state index is 0.142. The highest BCUT2D eigenvalue weighted by atomic mass is 16.5. The first-order valence-corrected chi connectivity index (χ1v) is 9.58. The van der Waals surface area contributed by atoms with E-state index in [4.69, 9.17) is 4.74 Å². The second-order valence-corrected chi connectivity index (χ2v) is 7.16. The van der Waals surface area contributed by atoms with Crippen LogP contribution in [0.2, 0.25) is 0 Å². The zero-order chi connectivity index (χ0) is 21.1. The van der Waals surface area contributed by atoms with Crippen molar-refractivity contribution in [3.05, 3.63) is 106 Å². The second-order valence-electron chi connectivity index (χ2n) is 7.16. The van der Waals surface area contributed by atoms with Gasteiger partial charge >= 0.3 is 0 Å². The van der Waals surface area contributed by atoms with Gasteiger partial charge in [-0.1, -0.05) is 23.8 Å². The number of hydrogen-bond acceptors (Lipinski definition) is 4. The maximum absolute atomic E-state index is 12.3. The first-order chi connectivity index (χ1) is 14.5. The Bertz CT molecular complexity index is 1280. The standard InChI is InChI=1S/C24H21N3O3/c1-16-4-3-5-18(12-16)24(29)26-19-7-9-21(10-8-19)30-15-20-13-23(28)27-14-17(2)6-11-22(27)25-20/h3-14H,15H2,1-2H3,(H,26,29). The zero-order valence-corrected chi connectivity index (χ0v) is 16.8. The molecule has 0 aliphatic heterocycles. The van der Waals surface area contributed by atoms with Crippen molar-refractivity contribution < 1.29 is 9.53 Å². The topological polar surface area (TPSA) is 72.7 Å². The van der Waals surface area contributed by atoms with E-state index in [2.05, 4.69) is 10.3 Å². The van der Waals surface area contributed by atoms with Gasteiger partial charge in [-0.2, -0.15) is 0 Å². The Balaban J connectivity index is 1.41. The number of benzene rings is 2. The molecular weight excluding hydrogens is 378 g/mol. The van der Waals surface area contributed by atoms with Gasteiger partial charge in [0, 0.05) is 23.5 Å². The Labute approximate surface area is 173 Å². The van der Waals surface area contributed by atoms with Crippen LogP contribution >= 0.6 is 0 Å². The summed E-state index contributed by atoms with van der Waals surface area (Å²) in [6.07, 6.45) is 1.76. The van der Waals surface area contributed by atoms with Gasteiger partial charge in [-0.3, -0.25) is 14.0 Å². The molecule has 0 unspecified atom stereocenters. The summed E-state index contributed by atoms with van der Waals surface area (Å²) in [6.45, 7) is 4.05. The smallest absolute Gasteiger partial charge is 0.258 e. The third kappa shape index (κ3) is 4.38. The monoisotopic (exact) mass is 399 g/mol. The van der Waals surface area contributed by atoms with Crippen LogP contribution in [0.5, 0.6) is 5.75 Å². The van der Waals surface area contributed by atoms with Gasteiger partial charge < -0.3 is 10.1 Å². The van der Waals surface area contributed by atoms with Crippen molar-refractivity contribution in [2.75, 3.05) is 5.32 Å². The van der Waals surface area contributed by atoms with E-state index in [9.17, 15) is 9.59 Å². The minimum atomic E-state index is -0.163. The van der Waals surface area contributed by atoms with Gasteiger partial charge in [0.1, 0.15) is 18.0 Å². The maximum atomic E-state index is 12.3. The summed E-state index contributed by atoms with van der Waals surface area (Å²) in [7, 11) is 0. The molecule has 6 nitrogen and oxygen atoms in total. The summed E-state index contributed by atoms with van der Waals surface area (Å²) in [5, 5.41) is 2.87. The molecule has 0 spiro atoms. The van der Waals surface area contributed by atoms with Crippen LogP contribution in [0.1, 0.15) is 27.2 Å². The Morgan fingerprint density at radius 2 is 1.80 bits per heavy atom. The minimum Gasteiger partial charge on any atom is -0.487 e. The van der Waals surface area contributed by atoms with Gasteiger partial charge in [-0.05, 0) is 61.9 Å². The molecule has 4 rings (SSSR count). The number of anilines is 1. The lowest BCUT2D eigenvalue weighted by Crippen LogP contribution is -2.16. The number of rotatable bonds is 5. The molecule has 4 aromatic rings. The zero-order valence-electron chi connectivity index (χ0n) is 16.8. The lowest BCUT2D eigenvalue weighted by Gasteiger charge is -2.09. The molecule has 2 heterocycles. The number of nitrogens with one attached hydrogen (secondary N) is 1. The summed E-state index contributed by atoms with van der Waals surface area (Å²) in [5.74, 6) is 0.456. The molecule has 0 aliphatic rings. The number of carbonyl (C=O) groups is 1. The van der Waals surface area contributed by atoms with Crippen molar-refractivity contribution in [2.24, 2.45) is 0 Å². The summed E-state index contributed by atoms with van der Waals surface area (Å²) < 4.78 is 7.28. The molecule has 0 atom stereocenters. The van der Waals surface area contributed by atoms with E-state index < -0.39 is 0 Å². The molecule has 2 aromatic heterocycles. The van der Waals surface area contributed by atoms with Gasteiger partial charge in [-0.15, -0.1) is 0 Å². The molecule has 0 radical (unpaired) electrons. The largest absolute Gasteiger partial charge is 0.487 e. The van der Waals surface area contributed by atoms with Crippen LogP contribution in [0, 0.1) is 13.8 Å². The SMILES string of the molecule is Cc1cccc(C(=O)Nc2ccc(OCc3cc(=O)n4cc(C)ccc4n3)cc2)c1. The number of amides is 1. The molecule has 0 fully saturated rings. The van der Waals surface area contributed by atoms with Crippen LogP contribution in [0.25, 0.3) is 5.65 Å². The Morgan fingerprint density at radius 1 is 1.00 bits per heavy atom. The summed E-state index contributed by atoms with van der Waals surface area (Å²) in [4.78, 5) is 29.1. The van der Waals surface area contributed by atoms with Gasteiger partial charge in [-0.25, -0.2) is 4.98 Å². The van der Waals surface area contributed by atoms with E-state index in [0.717, 1.165) is 11.1 Å². The number of nitrogens with zero attached hydrogens (tertiary/aromatic N) is 2. The quantitative estimate of drug-likeness (QED) is 0.547. The van der Waals surface area contributed by atoms with Gasteiger partial charge in [0.15, 0.2) is 0 Å². The number of carbonyl (C=O) groups excluding carboxylic acids is 1. The van der Waals surface area contributed by atoms with Crippen molar-refractivity contribution >= 4 is 17.2 Å². The van der Waals surface area contributed by atoms with E-state index in [1.165, 1.54) is 10.5 Å². The van der Waals surface area contributed by atoms with Gasteiger partial charge in [0.05, 0.1) is 5.69 Å². The average molecular weight is 399 g/mol. The molecule has 0 saturated carbocycles. The Hall–Kier alpha value is -3.93. The van der Waals surface area contributed by atoms with Crippen molar-refractivity contribution in [1.29, 1.82) is 0 Å². The fourth-order valence-corrected chi connectivity index (χ4v) is 3.11. The lowest BCUT2D eigenvalue weighted by atomic mass is 10.1. The highest BCUT2D eigenvalue weighted by Gasteiger charge is 2.07. The molecule has 0 aliphatic carbocycles. The Kier molecular flexibility index (Phi) is 5.30. The lowest BCUT2D eigenvalue weighted by molar-refractivity contribution is 0.102. The average Bonchev–Trinajstić information content (AvgIpc) is 2.74. The van der Waals surface area contributed by atoms with Crippen molar-refractivity contribution in [3.8, 4) is 5.75 Å². The first kappa shape index (κ1) is 19.4. The predicted molar refractivity (Wildman–Crippen MR) is 116 cm³/mol. The van der Waals surface area contributed by atoms with Crippen LogP contribution in [0.4, 0.5) is 5.69 Å². The summed E-state index contributed by atoms with van der Waals surface area (Å²) in [5.41, 5.74) is 4.30. The number of fused-ring (bicyclic) bond motifs is 1. The van der Waals surface area contributed by atoms with Crippen LogP contribution in [0.3, 0.4) is 0 Å². The second kappa shape index (κ2) is 8.21. The first-order valence-electron chi connectivity index (χ1n) is 9.58. The van der Waals surface area contributed by atoms with Gasteiger partial charge in [0.2, 0.25) is 0 Å². The van der Waals surface area contributed by atoms with Crippen molar-refractivity contribution in [3.63, 3.8) is 0 Å². The molecule has 150 valence electrons. The van der Waals surface area contributed by atoms with E-state index >= 15 is 0 Å². The maximum Gasteiger partial charge on any atom is 0.258 e. The summed E-state index contributed by atoms with van der Waals surface area (Å²) in [6, 6.07) is 19.7. The molecule has 0 saturated heterocycles. The van der Waals surface area contributed by atoms with Crippen LogP contribution < -0.4 is 15.6 Å². The number of aromatic nitrogens is 2.